The summed E-state index contributed by atoms with van der Waals surface area (Å²) in [4.78, 5) is 18.4. The van der Waals surface area contributed by atoms with E-state index in [2.05, 4.69) is 37.1 Å². The highest BCUT2D eigenvalue weighted by atomic mass is 16.5. The second-order valence-electron chi connectivity index (χ2n) is 7.61. The third kappa shape index (κ3) is 7.12. The first-order chi connectivity index (χ1) is 13.0. The van der Waals surface area contributed by atoms with E-state index in [1.807, 2.05) is 18.2 Å². The lowest BCUT2D eigenvalue weighted by Gasteiger charge is -2.34. The molecule has 150 valence electrons. The van der Waals surface area contributed by atoms with E-state index in [0.29, 0.717) is 31.4 Å². The lowest BCUT2D eigenvalue weighted by molar-refractivity contribution is -0.119. The van der Waals surface area contributed by atoms with Crippen molar-refractivity contribution in [1.82, 2.24) is 10.2 Å². The number of carbonyl (C=O) groups excluding carboxylic acids is 1. The van der Waals surface area contributed by atoms with Gasteiger partial charge in [0, 0.05) is 31.6 Å². The van der Waals surface area contributed by atoms with Crippen molar-refractivity contribution in [2.75, 3.05) is 26.2 Å². The number of nitrogens with two attached hydrogens (primary N) is 1. The third-order valence-electron chi connectivity index (χ3n) is 4.59. The van der Waals surface area contributed by atoms with Gasteiger partial charge in [0.2, 0.25) is 5.91 Å². The van der Waals surface area contributed by atoms with E-state index >= 15 is 0 Å². The summed E-state index contributed by atoms with van der Waals surface area (Å²) < 4.78 is 5.94. The van der Waals surface area contributed by atoms with Gasteiger partial charge in [-0.3, -0.25) is 4.79 Å². The number of primary amides is 1. The topological polar surface area (TPSA) is 80.0 Å². The zero-order chi connectivity index (χ0) is 19.6. The van der Waals surface area contributed by atoms with E-state index in [-0.39, 0.29) is 5.91 Å². The molecule has 1 aliphatic rings. The number of benzene rings is 1. The van der Waals surface area contributed by atoms with Gasteiger partial charge in [-0.2, -0.15) is 0 Å². The molecule has 27 heavy (non-hydrogen) atoms. The fraction of sp³-hybridized carbons (Fsp3) is 0.619. The maximum atomic E-state index is 11.3. The fourth-order valence-corrected chi connectivity index (χ4v) is 3.33. The summed E-state index contributed by atoms with van der Waals surface area (Å²) in [6.45, 7) is 10.2. The summed E-state index contributed by atoms with van der Waals surface area (Å²) in [6, 6.07) is 8.08. The lowest BCUT2D eigenvalue weighted by Crippen LogP contribution is -2.47. The SMILES string of the molecule is CCNC(=NCc1ccccc1OCC(C)C)N1CCCC(CC(N)=O)C1. The average Bonchev–Trinajstić information content (AvgIpc) is 2.63. The predicted octanol–water partition coefficient (Wildman–Crippen LogP) is 2.77. The number of ether oxygens (including phenoxy) is 1. The molecule has 0 bridgehead atoms. The summed E-state index contributed by atoms with van der Waals surface area (Å²) in [5, 5.41) is 3.39. The smallest absolute Gasteiger partial charge is 0.217 e. The Labute approximate surface area is 163 Å². The molecule has 0 spiro atoms. The molecular weight excluding hydrogens is 340 g/mol. The molecule has 1 aromatic carbocycles. The standard InChI is InChI=1S/C21H34N4O2/c1-4-23-21(25-11-7-8-17(14-25)12-20(22)26)24-13-18-9-5-6-10-19(18)27-15-16(2)3/h5-6,9-10,16-17H,4,7-8,11-15H2,1-3H3,(H2,22,26)(H,23,24). The Morgan fingerprint density at radius 3 is 2.89 bits per heavy atom. The minimum absolute atomic E-state index is 0.222. The lowest BCUT2D eigenvalue weighted by atomic mass is 9.95. The Morgan fingerprint density at radius 2 is 2.19 bits per heavy atom. The highest BCUT2D eigenvalue weighted by Gasteiger charge is 2.23. The number of nitrogens with zero attached hydrogens (tertiary/aromatic N) is 2. The van der Waals surface area contributed by atoms with Gasteiger partial charge in [0.05, 0.1) is 13.2 Å². The van der Waals surface area contributed by atoms with Gasteiger partial charge in [-0.05, 0) is 37.7 Å². The van der Waals surface area contributed by atoms with Crippen molar-refractivity contribution in [2.24, 2.45) is 22.6 Å². The molecule has 0 aliphatic carbocycles. The minimum Gasteiger partial charge on any atom is -0.493 e. The van der Waals surface area contributed by atoms with Crippen LogP contribution in [0.5, 0.6) is 5.75 Å². The van der Waals surface area contributed by atoms with E-state index in [1.165, 1.54) is 0 Å². The molecule has 6 nitrogen and oxygen atoms in total. The van der Waals surface area contributed by atoms with Crippen LogP contribution in [0.3, 0.4) is 0 Å². The first kappa shape index (κ1) is 21.1. The van der Waals surface area contributed by atoms with Gasteiger partial charge in [-0.15, -0.1) is 0 Å². The summed E-state index contributed by atoms with van der Waals surface area (Å²) >= 11 is 0. The maximum Gasteiger partial charge on any atom is 0.217 e. The average molecular weight is 375 g/mol. The molecule has 1 aliphatic heterocycles. The van der Waals surface area contributed by atoms with Crippen LogP contribution < -0.4 is 15.8 Å². The van der Waals surface area contributed by atoms with Crippen molar-refractivity contribution in [3.63, 3.8) is 0 Å². The van der Waals surface area contributed by atoms with Gasteiger partial charge < -0.3 is 20.7 Å². The van der Waals surface area contributed by atoms with Crippen LogP contribution in [0.25, 0.3) is 0 Å². The van der Waals surface area contributed by atoms with Crippen LogP contribution >= 0.6 is 0 Å². The number of likely N-dealkylation sites (tertiary alicyclic amines) is 1. The summed E-state index contributed by atoms with van der Waals surface area (Å²) in [6.07, 6.45) is 2.54. The fourth-order valence-electron chi connectivity index (χ4n) is 3.33. The van der Waals surface area contributed by atoms with Crippen molar-refractivity contribution < 1.29 is 9.53 Å². The van der Waals surface area contributed by atoms with Crippen LogP contribution in [0.2, 0.25) is 0 Å². The number of rotatable bonds is 8. The van der Waals surface area contributed by atoms with Gasteiger partial charge in [-0.1, -0.05) is 32.0 Å². The van der Waals surface area contributed by atoms with Gasteiger partial charge in [0.1, 0.15) is 5.75 Å². The second-order valence-corrected chi connectivity index (χ2v) is 7.61. The van der Waals surface area contributed by atoms with Crippen LogP contribution in [-0.2, 0) is 11.3 Å². The number of carbonyl (C=O) groups is 1. The molecule has 1 amide bonds. The molecule has 1 unspecified atom stereocenters. The first-order valence-corrected chi connectivity index (χ1v) is 10.0. The van der Waals surface area contributed by atoms with Crippen LogP contribution in [0.15, 0.2) is 29.3 Å². The van der Waals surface area contributed by atoms with Gasteiger partial charge in [0.25, 0.3) is 0 Å². The Balaban J connectivity index is 2.08. The van der Waals surface area contributed by atoms with Crippen molar-refractivity contribution in [3.05, 3.63) is 29.8 Å². The highest BCUT2D eigenvalue weighted by Crippen LogP contribution is 2.22. The zero-order valence-corrected chi connectivity index (χ0v) is 16.9. The first-order valence-electron chi connectivity index (χ1n) is 10.0. The summed E-state index contributed by atoms with van der Waals surface area (Å²) in [7, 11) is 0. The van der Waals surface area contributed by atoms with E-state index in [0.717, 1.165) is 49.7 Å². The monoisotopic (exact) mass is 374 g/mol. The number of guanidine groups is 1. The molecule has 1 fully saturated rings. The normalized spacial score (nSPS) is 17.9. The molecule has 1 saturated heterocycles. The van der Waals surface area contributed by atoms with Crippen LogP contribution in [-0.4, -0.2) is 43.0 Å². The van der Waals surface area contributed by atoms with Crippen LogP contribution in [0, 0.1) is 11.8 Å². The second kappa shape index (κ2) is 10.8. The number of hydrogen-bond acceptors (Lipinski definition) is 3. The number of aliphatic imine (C=N–C) groups is 1. The van der Waals surface area contributed by atoms with E-state index in [1.54, 1.807) is 0 Å². The number of nitrogens with one attached hydrogen (secondary N) is 1. The number of amides is 1. The summed E-state index contributed by atoms with van der Waals surface area (Å²) in [5.74, 6) is 2.36. The molecule has 0 saturated carbocycles. The van der Waals surface area contributed by atoms with Gasteiger partial charge in [-0.25, -0.2) is 4.99 Å². The van der Waals surface area contributed by atoms with Crippen molar-refractivity contribution in [1.29, 1.82) is 0 Å². The van der Waals surface area contributed by atoms with E-state index in [4.69, 9.17) is 15.5 Å². The highest BCUT2D eigenvalue weighted by molar-refractivity contribution is 5.80. The minimum atomic E-state index is -0.222. The third-order valence-corrected chi connectivity index (χ3v) is 4.59. The van der Waals surface area contributed by atoms with E-state index in [9.17, 15) is 4.79 Å². The summed E-state index contributed by atoms with van der Waals surface area (Å²) in [5.41, 5.74) is 6.47. The maximum absolute atomic E-state index is 11.3. The quantitative estimate of drug-likeness (QED) is 0.542. The van der Waals surface area contributed by atoms with Crippen LogP contribution in [0.4, 0.5) is 0 Å². The molecule has 1 heterocycles. The van der Waals surface area contributed by atoms with Gasteiger partial charge >= 0.3 is 0 Å². The number of piperidine rings is 1. The zero-order valence-electron chi connectivity index (χ0n) is 16.9. The molecule has 2 rings (SSSR count). The van der Waals surface area contributed by atoms with Crippen LogP contribution in [0.1, 0.15) is 45.6 Å². The molecule has 0 radical (unpaired) electrons. The molecular formula is C21H34N4O2. The van der Waals surface area contributed by atoms with Crippen molar-refractivity contribution in [3.8, 4) is 5.75 Å². The predicted molar refractivity (Wildman–Crippen MR) is 110 cm³/mol. The molecule has 1 aromatic rings. The Kier molecular flexibility index (Phi) is 8.43. The van der Waals surface area contributed by atoms with Crippen molar-refractivity contribution in [2.45, 2.75) is 46.6 Å². The molecule has 1 atom stereocenters. The largest absolute Gasteiger partial charge is 0.493 e. The Hall–Kier alpha value is -2.24. The van der Waals surface area contributed by atoms with E-state index < -0.39 is 0 Å². The molecule has 3 N–H and O–H groups in total. The number of para-hydroxylation sites is 1. The number of hydrogen-bond donors (Lipinski definition) is 2. The Morgan fingerprint density at radius 1 is 1.41 bits per heavy atom. The van der Waals surface area contributed by atoms with Crippen molar-refractivity contribution >= 4 is 11.9 Å². The Bertz CT molecular complexity index is 630. The molecule has 6 heteroatoms. The van der Waals surface area contributed by atoms with Gasteiger partial charge in [0.15, 0.2) is 5.96 Å². The molecule has 0 aromatic heterocycles.